The predicted octanol–water partition coefficient (Wildman–Crippen LogP) is 7.16. The van der Waals surface area contributed by atoms with E-state index < -0.39 is 5.97 Å². The zero-order valence-electron chi connectivity index (χ0n) is 23.6. The topological polar surface area (TPSA) is 101 Å². The number of methoxy groups -OCH3 is 1. The van der Waals surface area contributed by atoms with E-state index in [4.69, 9.17) is 4.74 Å². The number of hydrogen-bond donors (Lipinski definition) is 3. The fourth-order valence-electron chi connectivity index (χ4n) is 5.17. The van der Waals surface area contributed by atoms with Gasteiger partial charge in [0.1, 0.15) is 5.75 Å². The lowest BCUT2D eigenvalue weighted by Crippen LogP contribution is -2.37. The average Bonchev–Trinajstić information content (AvgIpc) is 3.02. The zero-order valence-corrected chi connectivity index (χ0v) is 23.6. The van der Waals surface area contributed by atoms with Gasteiger partial charge in [0.2, 0.25) is 0 Å². The number of carbonyl (C=O) groups excluding carboxylic acids is 1. The van der Waals surface area contributed by atoms with Crippen molar-refractivity contribution in [3.05, 3.63) is 120 Å². The second kappa shape index (κ2) is 13.0. The Bertz CT molecular complexity index is 1720. The van der Waals surface area contributed by atoms with Crippen molar-refractivity contribution in [3.8, 4) is 28.0 Å². The molecule has 0 aliphatic carbocycles. The van der Waals surface area contributed by atoms with E-state index in [0.717, 1.165) is 44.3 Å². The summed E-state index contributed by atoms with van der Waals surface area (Å²) >= 11 is 0. The third-order valence-electron chi connectivity index (χ3n) is 7.28. The molecule has 1 aromatic heterocycles. The maximum Gasteiger partial charge on any atom is 0.315 e. The van der Waals surface area contributed by atoms with Crippen molar-refractivity contribution in [2.24, 2.45) is 0 Å². The van der Waals surface area contributed by atoms with E-state index in [-0.39, 0.29) is 18.5 Å². The molecule has 0 spiro atoms. The largest absolute Gasteiger partial charge is 0.496 e. The molecule has 0 fully saturated rings. The average molecular weight is 560 g/mol. The minimum atomic E-state index is -0.907. The van der Waals surface area contributed by atoms with Gasteiger partial charge in [-0.15, -0.1) is 0 Å². The molecule has 1 heterocycles. The molecule has 1 unspecified atom stereocenters. The number of fused-ring (bicyclic) bond motifs is 1. The van der Waals surface area contributed by atoms with Gasteiger partial charge in [0.25, 0.3) is 0 Å². The minimum absolute atomic E-state index is 0.104. The number of aromatic nitrogens is 1. The van der Waals surface area contributed by atoms with Crippen LogP contribution >= 0.6 is 0 Å². The summed E-state index contributed by atoms with van der Waals surface area (Å²) in [5.74, 6) is -0.283. The number of pyridine rings is 1. The summed E-state index contributed by atoms with van der Waals surface area (Å²) < 4.78 is 5.71. The summed E-state index contributed by atoms with van der Waals surface area (Å²) in [7, 11) is 1.60. The zero-order chi connectivity index (χ0) is 29.5. The molecule has 7 nitrogen and oxygen atoms in total. The van der Waals surface area contributed by atoms with Crippen LogP contribution in [0.25, 0.3) is 33.2 Å². The molecule has 0 saturated heterocycles. The first-order chi connectivity index (χ1) is 20.4. The van der Waals surface area contributed by atoms with Crippen LogP contribution in [0.3, 0.4) is 0 Å². The van der Waals surface area contributed by atoms with Crippen LogP contribution in [0, 0.1) is 0 Å². The molecule has 0 aliphatic rings. The molecule has 2 amide bonds. The summed E-state index contributed by atoms with van der Waals surface area (Å²) in [6.07, 6.45) is 2.31. The molecule has 42 heavy (non-hydrogen) atoms. The number of benzene rings is 4. The molecule has 5 aromatic rings. The Morgan fingerprint density at radius 2 is 1.64 bits per heavy atom. The Balaban J connectivity index is 1.56. The summed E-state index contributed by atoms with van der Waals surface area (Å²) in [6.45, 7) is 2.44. The quantitative estimate of drug-likeness (QED) is 0.169. The monoisotopic (exact) mass is 559 g/mol. The van der Waals surface area contributed by atoms with Crippen LogP contribution in [-0.2, 0) is 17.8 Å². The molecule has 0 radical (unpaired) electrons. The summed E-state index contributed by atoms with van der Waals surface area (Å²) in [5.41, 5.74) is 7.14. The minimum Gasteiger partial charge on any atom is -0.496 e. The highest BCUT2D eigenvalue weighted by Gasteiger charge is 2.21. The molecule has 212 valence electrons. The SMILES string of the molecule is CCC(NC(=O)NCc1ccccc1)c1cc(-c2ccc3ncccc3c2)ccc1-c1cc(CC(=O)O)ccc1OC. The number of aliphatic carboxylic acids is 1. The van der Waals surface area contributed by atoms with Gasteiger partial charge in [-0.1, -0.05) is 67.6 Å². The van der Waals surface area contributed by atoms with Crippen LogP contribution in [0.5, 0.6) is 5.75 Å². The Morgan fingerprint density at radius 3 is 2.40 bits per heavy atom. The van der Waals surface area contributed by atoms with E-state index in [2.05, 4.69) is 27.8 Å². The van der Waals surface area contributed by atoms with Crippen LogP contribution in [-0.4, -0.2) is 29.2 Å². The number of nitrogens with one attached hydrogen (secondary N) is 2. The van der Waals surface area contributed by atoms with Crippen LogP contribution < -0.4 is 15.4 Å². The number of hydrogen-bond acceptors (Lipinski definition) is 4. The third-order valence-corrected chi connectivity index (χ3v) is 7.28. The Labute approximate surface area is 245 Å². The fraction of sp³-hybridized carbons (Fsp3) is 0.171. The van der Waals surface area contributed by atoms with Crippen molar-refractivity contribution in [2.45, 2.75) is 32.4 Å². The summed E-state index contributed by atoms with van der Waals surface area (Å²) in [4.78, 5) is 29.0. The second-order valence-corrected chi connectivity index (χ2v) is 10.1. The highest BCUT2D eigenvalue weighted by atomic mass is 16.5. The van der Waals surface area contributed by atoms with Gasteiger partial charge in [-0.05, 0) is 76.2 Å². The van der Waals surface area contributed by atoms with Gasteiger partial charge < -0.3 is 20.5 Å². The smallest absolute Gasteiger partial charge is 0.315 e. The number of rotatable bonds is 10. The van der Waals surface area contributed by atoms with E-state index >= 15 is 0 Å². The van der Waals surface area contributed by atoms with Crippen molar-refractivity contribution >= 4 is 22.9 Å². The Kier molecular flexibility index (Phi) is 8.78. The predicted molar refractivity (Wildman–Crippen MR) is 165 cm³/mol. The molecule has 4 aromatic carbocycles. The summed E-state index contributed by atoms with van der Waals surface area (Å²) in [5, 5.41) is 16.6. The van der Waals surface area contributed by atoms with Gasteiger partial charge in [0.15, 0.2) is 0 Å². The lowest BCUT2D eigenvalue weighted by atomic mass is 9.88. The van der Waals surface area contributed by atoms with Gasteiger partial charge in [-0.3, -0.25) is 9.78 Å². The van der Waals surface area contributed by atoms with E-state index in [1.54, 1.807) is 25.4 Å². The molecular formula is C35H33N3O4. The molecule has 0 aliphatic heterocycles. The van der Waals surface area contributed by atoms with E-state index in [0.29, 0.717) is 24.3 Å². The van der Waals surface area contributed by atoms with Crippen molar-refractivity contribution in [3.63, 3.8) is 0 Å². The first-order valence-corrected chi connectivity index (χ1v) is 13.9. The van der Waals surface area contributed by atoms with Gasteiger partial charge in [-0.2, -0.15) is 0 Å². The highest BCUT2D eigenvalue weighted by molar-refractivity contribution is 5.86. The number of carboxylic acid groups (broad SMARTS) is 1. The van der Waals surface area contributed by atoms with Gasteiger partial charge in [-0.25, -0.2) is 4.79 Å². The molecule has 1 atom stereocenters. The van der Waals surface area contributed by atoms with E-state index in [1.807, 2.05) is 79.7 Å². The van der Waals surface area contributed by atoms with Crippen molar-refractivity contribution in [2.75, 3.05) is 7.11 Å². The van der Waals surface area contributed by atoms with Crippen LogP contribution in [0.2, 0.25) is 0 Å². The van der Waals surface area contributed by atoms with Crippen LogP contribution in [0.1, 0.15) is 36.1 Å². The normalized spacial score (nSPS) is 11.6. The molecule has 0 bridgehead atoms. The van der Waals surface area contributed by atoms with Gasteiger partial charge in [0.05, 0.1) is 25.1 Å². The van der Waals surface area contributed by atoms with Crippen LogP contribution in [0.15, 0.2) is 103 Å². The number of amides is 2. The lowest BCUT2D eigenvalue weighted by molar-refractivity contribution is -0.136. The van der Waals surface area contributed by atoms with Crippen molar-refractivity contribution in [1.29, 1.82) is 0 Å². The first kappa shape index (κ1) is 28.4. The standard InChI is InChI=1S/C35H33N3O4/c1-3-31(38-35(41)37-22-23-8-5-4-6-9-23)29-21-26(25-13-15-32-27(20-25)10-7-17-36-32)12-14-28(29)30-18-24(19-34(39)40)11-16-33(30)42-2/h4-18,20-21,31H,3,19,22H2,1-2H3,(H,39,40)(H2,37,38,41). The number of ether oxygens (including phenoxy) is 1. The van der Waals surface area contributed by atoms with E-state index in [9.17, 15) is 14.7 Å². The van der Waals surface area contributed by atoms with E-state index in [1.165, 1.54) is 0 Å². The molecule has 7 heteroatoms. The molecule has 3 N–H and O–H groups in total. The fourth-order valence-corrected chi connectivity index (χ4v) is 5.17. The van der Waals surface area contributed by atoms with Gasteiger partial charge in [0, 0.05) is 23.7 Å². The molecule has 5 rings (SSSR count). The Morgan fingerprint density at radius 1 is 0.857 bits per heavy atom. The maximum atomic E-state index is 13.1. The van der Waals surface area contributed by atoms with Crippen molar-refractivity contribution in [1.82, 2.24) is 15.6 Å². The van der Waals surface area contributed by atoms with Crippen molar-refractivity contribution < 1.29 is 19.4 Å². The second-order valence-electron chi connectivity index (χ2n) is 10.1. The van der Waals surface area contributed by atoms with Gasteiger partial charge >= 0.3 is 12.0 Å². The lowest BCUT2D eigenvalue weighted by Gasteiger charge is -2.23. The number of carboxylic acids is 1. The molecular weight excluding hydrogens is 526 g/mol. The maximum absolute atomic E-state index is 13.1. The van der Waals surface area contributed by atoms with Crippen LogP contribution in [0.4, 0.5) is 4.79 Å². The third kappa shape index (κ3) is 6.58. The highest BCUT2D eigenvalue weighted by Crippen LogP contribution is 2.39. The Hall–Kier alpha value is -5.17. The summed E-state index contributed by atoms with van der Waals surface area (Å²) in [6, 6.07) is 30.8. The number of carbonyl (C=O) groups is 2. The molecule has 0 saturated carbocycles. The first-order valence-electron chi connectivity index (χ1n) is 13.9. The number of urea groups is 1. The number of nitrogens with zero attached hydrogens (tertiary/aromatic N) is 1.